The monoisotopic (exact) mass is 240 g/mol. The number of piperazine rings is 1. The van der Waals surface area contributed by atoms with Crippen molar-refractivity contribution in [3.63, 3.8) is 0 Å². The van der Waals surface area contributed by atoms with E-state index in [1.807, 2.05) is 6.92 Å². The first-order valence-corrected chi connectivity index (χ1v) is 4.91. The molecule has 1 saturated carbocycles. The van der Waals surface area contributed by atoms with Crippen molar-refractivity contribution in [1.82, 2.24) is 10.2 Å². The Kier molecular flexibility index (Phi) is 3.55. The highest BCUT2D eigenvalue weighted by atomic mass is 35.5. The Bertz CT molecular complexity index is 262. The standard InChI is InChI=1S/C9H14F2N2O.ClH/c1-6-5-13(3-2-12-6)8(14)7-4-9(7,10)11;/h6-7,12H,2-5H2,1H3;1H. The number of nitrogens with one attached hydrogen (secondary N) is 1. The number of nitrogens with zero attached hydrogens (tertiary/aromatic N) is 1. The van der Waals surface area contributed by atoms with Crippen LogP contribution in [0.25, 0.3) is 0 Å². The molecule has 0 aromatic carbocycles. The Morgan fingerprint density at radius 2 is 2.13 bits per heavy atom. The third kappa shape index (κ3) is 2.58. The molecule has 0 aromatic heterocycles. The number of hydrogen-bond donors (Lipinski definition) is 1. The van der Waals surface area contributed by atoms with Gasteiger partial charge in [-0.3, -0.25) is 4.79 Å². The lowest BCUT2D eigenvalue weighted by Gasteiger charge is -2.32. The summed E-state index contributed by atoms with van der Waals surface area (Å²) in [6, 6.07) is 0.208. The van der Waals surface area contributed by atoms with E-state index in [2.05, 4.69) is 5.32 Å². The Morgan fingerprint density at radius 1 is 1.53 bits per heavy atom. The van der Waals surface area contributed by atoms with E-state index in [0.29, 0.717) is 19.6 Å². The summed E-state index contributed by atoms with van der Waals surface area (Å²) in [7, 11) is 0. The number of carbonyl (C=O) groups is 1. The molecule has 88 valence electrons. The van der Waals surface area contributed by atoms with Gasteiger partial charge in [0.15, 0.2) is 0 Å². The van der Waals surface area contributed by atoms with Gasteiger partial charge in [0.2, 0.25) is 5.91 Å². The lowest BCUT2D eigenvalue weighted by molar-refractivity contribution is -0.135. The normalized spacial score (nSPS) is 33.1. The molecule has 1 amide bonds. The molecule has 2 fully saturated rings. The molecule has 2 rings (SSSR count). The van der Waals surface area contributed by atoms with Crippen molar-refractivity contribution in [3.8, 4) is 0 Å². The molecule has 0 bridgehead atoms. The second-order valence-corrected chi connectivity index (χ2v) is 4.16. The van der Waals surface area contributed by atoms with E-state index in [-0.39, 0.29) is 30.8 Å². The van der Waals surface area contributed by atoms with Crippen LogP contribution >= 0.6 is 12.4 Å². The summed E-state index contributed by atoms with van der Waals surface area (Å²) in [6.45, 7) is 3.75. The topological polar surface area (TPSA) is 32.3 Å². The molecule has 15 heavy (non-hydrogen) atoms. The van der Waals surface area contributed by atoms with Crippen LogP contribution < -0.4 is 5.32 Å². The first-order valence-electron chi connectivity index (χ1n) is 4.91. The summed E-state index contributed by atoms with van der Waals surface area (Å²) in [5.74, 6) is -4.14. The van der Waals surface area contributed by atoms with Crippen LogP contribution in [0.2, 0.25) is 0 Å². The van der Waals surface area contributed by atoms with Crippen molar-refractivity contribution in [2.45, 2.75) is 25.3 Å². The van der Waals surface area contributed by atoms with Crippen LogP contribution in [0, 0.1) is 5.92 Å². The molecule has 2 aliphatic rings. The molecule has 1 heterocycles. The highest BCUT2D eigenvalue weighted by molar-refractivity contribution is 5.85. The molecule has 6 heteroatoms. The average molecular weight is 241 g/mol. The smallest absolute Gasteiger partial charge is 0.260 e. The lowest BCUT2D eigenvalue weighted by Crippen LogP contribution is -2.52. The number of halogens is 3. The van der Waals surface area contributed by atoms with Gasteiger partial charge in [-0.1, -0.05) is 0 Å². The maximum absolute atomic E-state index is 12.6. The minimum Gasteiger partial charge on any atom is -0.339 e. The Balaban J connectivity index is 0.00000112. The third-order valence-electron chi connectivity index (χ3n) is 2.80. The fourth-order valence-electron chi connectivity index (χ4n) is 1.83. The number of hydrogen-bond acceptors (Lipinski definition) is 2. The zero-order valence-electron chi connectivity index (χ0n) is 8.50. The zero-order chi connectivity index (χ0) is 10.3. The Morgan fingerprint density at radius 3 is 2.60 bits per heavy atom. The molecule has 0 radical (unpaired) electrons. The van der Waals surface area contributed by atoms with E-state index in [1.165, 1.54) is 0 Å². The molecule has 1 N–H and O–H groups in total. The third-order valence-corrected chi connectivity index (χ3v) is 2.80. The van der Waals surface area contributed by atoms with E-state index in [0.717, 1.165) is 0 Å². The van der Waals surface area contributed by atoms with E-state index in [9.17, 15) is 13.6 Å². The molecule has 2 atom stereocenters. The first-order chi connectivity index (χ1) is 6.50. The van der Waals surface area contributed by atoms with Gasteiger partial charge in [-0.15, -0.1) is 12.4 Å². The van der Waals surface area contributed by atoms with Crippen LogP contribution in [0.3, 0.4) is 0 Å². The molecular formula is C9H15ClF2N2O. The van der Waals surface area contributed by atoms with Gasteiger partial charge in [-0.25, -0.2) is 8.78 Å². The lowest BCUT2D eigenvalue weighted by atomic mass is 10.2. The maximum atomic E-state index is 12.6. The average Bonchev–Trinajstić information content (AvgIpc) is 2.74. The SMILES string of the molecule is CC1CN(C(=O)C2CC2(F)F)CCN1.Cl. The van der Waals surface area contributed by atoms with Crippen molar-refractivity contribution in [3.05, 3.63) is 0 Å². The summed E-state index contributed by atoms with van der Waals surface area (Å²) < 4.78 is 25.3. The van der Waals surface area contributed by atoms with Crippen LogP contribution in [0.1, 0.15) is 13.3 Å². The molecule has 2 unspecified atom stereocenters. The van der Waals surface area contributed by atoms with Crippen LogP contribution in [0.4, 0.5) is 8.78 Å². The van der Waals surface area contributed by atoms with Gasteiger partial charge in [-0.2, -0.15) is 0 Å². The summed E-state index contributed by atoms with van der Waals surface area (Å²) in [6.07, 6.45) is -0.260. The van der Waals surface area contributed by atoms with Crippen LogP contribution in [-0.4, -0.2) is 42.4 Å². The molecule has 1 aliphatic carbocycles. The quantitative estimate of drug-likeness (QED) is 0.738. The predicted octanol–water partition coefficient (Wildman–Crippen LogP) is 0.884. The number of carbonyl (C=O) groups excluding carboxylic acids is 1. The second-order valence-electron chi connectivity index (χ2n) is 4.16. The maximum Gasteiger partial charge on any atom is 0.260 e. The summed E-state index contributed by atoms with van der Waals surface area (Å²) in [5.41, 5.74) is 0. The van der Waals surface area contributed by atoms with Crippen molar-refractivity contribution in [2.24, 2.45) is 5.92 Å². The van der Waals surface area contributed by atoms with Crippen LogP contribution in [-0.2, 0) is 4.79 Å². The molecular weight excluding hydrogens is 226 g/mol. The number of alkyl halides is 2. The predicted molar refractivity (Wildman–Crippen MR) is 54.3 cm³/mol. The zero-order valence-corrected chi connectivity index (χ0v) is 9.32. The fraction of sp³-hybridized carbons (Fsp3) is 0.889. The summed E-state index contributed by atoms with van der Waals surface area (Å²) >= 11 is 0. The second kappa shape index (κ2) is 4.22. The van der Waals surface area contributed by atoms with E-state index in [1.54, 1.807) is 4.90 Å². The van der Waals surface area contributed by atoms with Crippen molar-refractivity contribution in [2.75, 3.05) is 19.6 Å². The molecule has 1 saturated heterocycles. The van der Waals surface area contributed by atoms with Gasteiger partial charge in [0, 0.05) is 32.1 Å². The van der Waals surface area contributed by atoms with Crippen LogP contribution in [0.5, 0.6) is 0 Å². The minimum atomic E-state index is -2.73. The minimum absolute atomic E-state index is 0. The first kappa shape index (κ1) is 12.6. The summed E-state index contributed by atoms with van der Waals surface area (Å²) in [5, 5.41) is 3.17. The molecule has 3 nitrogen and oxygen atoms in total. The molecule has 0 spiro atoms. The van der Waals surface area contributed by atoms with E-state index in [4.69, 9.17) is 0 Å². The van der Waals surface area contributed by atoms with Gasteiger partial charge < -0.3 is 10.2 Å². The number of amides is 1. The highest BCUT2D eigenvalue weighted by Crippen LogP contribution is 2.49. The fourth-order valence-corrected chi connectivity index (χ4v) is 1.83. The molecule has 1 aliphatic heterocycles. The highest BCUT2D eigenvalue weighted by Gasteiger charge is 2.62. The van der Waals surface area contributed by atoms with Gasteiger partial charge in [0.1, 0.15) is 5.92 Å². The Hall–Kier alpha value is -0.420. The van der Waals surface area contributed by atoms with Crippen molar-refractivity contribution >= 4 is 18.3 Å². The van der Waals surface area contributed by atoms with Crippen molar-refractivity contribution < 1.29 is 13.6 Å². The van der Waals surface area contributed by atoms with Crippen LogP contribution in [0.15, 0.2) is 0 Å². The van der Waals surface area contributed by atoms with E-state index < -0.39 is 11.8 Å². The summed E-state index contributed by atoms with van der Waals surface area (Å²) in [4.78, 5) is 13.1. The number of rotatable bonds is 1. The van der Waals surface area contributed by atoms with Gasteiger partial charge in [-0.05, 0) is 6.92 Å². The molecule has 0 aromatic rings. The Labute approximate surface area is 93.6 Å². The van der Waals surface area contributed by atoms with Crippen molar-refractivity contribution in [1.29, 1.82) is 0 Å². The van der Waals surface area contributed by atoms with Gasteiger partial charge >= 0.3 is 0 Å². The van der Waals surface area contributed by atoms with Gasteiger partial charge in [0.25, 0.3) is 5.92 Å². The largest absolute Gasteiger partial charge is 0.339 e. The van der Waals surface area contributed by atoms with Gasteiger partial charge in [0.05, 0.1) is 0 Å². The van der Waals surface area contributed by atoms with E-state index >= 15 is 0 Å².